The highest BCUT2D eigenvalue weighted by atomic mass is 14.7. The lowest BCUT2D eigenvalue weighted by Crippen LogP contribution is -2.28. The van der Waals surface area contributed by atoms with Gasteiger partial charge in [-0.3, -0.25) is 0 Å². The number of hydrogen-bond acceptors (Lipinski definition) is 1. The van der Waals surface area contributed by atoms with Crippen LogP contribution in [0, 0.1) is 5.92 Å². The first-order valence-electron chi connectivity index (χ1n) is 6.11. The Labute approximate surface area is 92.7 Å². The molecule has 1 aliphatic rings. The molecule has 0 spiro atoms. The van der Waals surface area contributed by atoms with Gasteiger partial charge in [0, 0.05) is 6.04 Å². The maximum absolute atomic E-state index is 6.30. The van der Waals surface area contributed by atoms with E-state index in [-0.39, 0.29) is 0 Å². The summed E-state index contributed by atoms with van der Waals surface area (Å²) in [7, 11) is 0. The maximum atomic E-state index is 6.30. The van der Waals surface area contributed by atoms with Gasteiger partial charge in [-0.05, 0) is 30.2 Å². The molecule has 0 amide bonds. The Morgan fingerprint density at radius 2 is 1.93 bits per heavy atom. The van der Waals surface area contributed by atoms with Crippen LogP contribution in [-0.2, 0) is 0 Å². The summed E-state index contributed by atoms with van der Waals surface area (Å²) in [5.74, 6) is 1.48. The summed E-state index contributed by atoms with van der Waals surface area (Å²) in [5, 5.41) is 0. The molecule has 1 aliphatic carbocycles. The number of hydrogen-bond donors (Lipinski definition) is 1. The van der Waals surface area contributed by atoms with Gasteiger partial charge in [-0.15, -0.1) is 0 Å². The van der Waals surface area contributed by atoms with Crippen LogP contribution in [0.25, 0.3) is 0 Å². The first-order chi connectivity index (χ1) is 7.31. The lowest BCUT2D eigenvalue weighted by atomic mass is 9.87. The summed E-state index contributed by atoms with van der Waals surface area (Å²) in [6.45, 7) is 2.24. The van der Waals surface area contributed by atoms with Crippen LogP contribution in [-0.4, -0.2) is 6.04 Å². The summed E-state index contributed by atoms with van der Waals surface area (Å²) in [6, 6.07) is 11.1. The smallest absolute Gasteiger partial charge is 0.0110 e. The minimum absolute atomic E-state index is 0.352. The van der Waals surface area contributed by atoms with Gasteiger partial charge in [0.25, 0.3) is 0 Å². The van der Waals surface area contributed by atoms with E-state index in [0.717, 1.165) is 12.3 Å². The first kappa shape index (κ1) is 10.7. The Morgan fingerprint density at radius 1 is 1.27 bits per heavy atom. The topological polar surface area (TPSA) is 26.0 Å². The molecule has 2 N–H and O–H groups in total. The van der Waals surface area contributed by atoms with E-state index in [2.05, 4.69) is 37.3 Å². The van der Waals surface area contributed by atoms with E-state index in [1.807, 2.05) is 0 Å². The largest absolute Gasteiger partial charge is 0.327 e. The van der Waals surface area contributed by atoms with Crippen molar-refractivity contribution in [3.8, 4) is 0 Å². The molecule has 0 aliphatic heterocycles. The van der Waals surface area contributed by atoms with Gasteiger partial charge in [0.05, 0.1) is 0 Å². The van der Waals surface area contributed by atoms with Crippen molar-refractivity contribution < 1.29 is 0 Å². The molecule has 15 heavy (non-hydrogen) atoms. The van der Waals surface area contributed by atoms with Crippen LogP contribution in [0.5, 0.6) is 0 Å². The standard InChI is InChI=1S/C14H21N/c1-2-13(12-6-4-3-5-7-12)14(15)10-11-8-9-11/h3-7,11,13-14H,2,8-10,15H2,1H3. The van der Waals surface area contributed by atoms with Crippen molar-refractivity contribution >= 4 is 0 Å². The zero-order chi connectivity index (χ0) is 10.7. The Hall–Kier alpha value is -0.820. The Balaban J connectivity index is 2.01. The van der Waals surface area contributed by atoms with Crippen LogP contribution in [0.4, 0.5) is 0 Å². The van der Waals surface area contributed by atoms with E-state index in [1.54, 1.807) is 0 Å². The van der Waals surface area contributed by atoms with Crippen LogP contribution >= 0.6 is 0 Å². The van der Waals surface area contributed by atoms with Gasteiger partial charge >= 0.3 is 0 Å². The molecule has 2 unspecified atom stereocenters. The minimum Gasteiger partial charge on any atom is -0.327 e. The highest BCUT2D eigenvalue weighted by molar-refractivity contribution is 5.21. The van der Waals surface area contributed by atoms with Gasteiger partial charge in [-0.1, -0.05) is 50.1 Å². The Bertz CT molecular complexity index is 289. The van der Waals surface area contributed by atoms with Crippen molar-refractivity contribution in [3.05, 3.63) is 35.9 Å². The average molecular weight is 203 g/mol. The van der Waals surface area contributed by atoms with E-state index < -0.39 is 0 Å². The highest BCUT2D eigenvalue weighted by Crippen LogP contribution is 2.36. The summed E-state index contributed by atoms with van der Waals surface area (Å²) in [4.78, 5) is 0. The van der Waals surface area contributed by atoms with Crippen LogP contribution in [0.3, 0.4) is 0 Å². The molecule has 2 atom stereocenters. The molecule has 82 valence electrons. The van der Waals surface area contributed by atoms with Crippen molar-refractivity contribution in [1.29, 1.82) is 0 Å². The summed E-state index contributed by atoms with van der Waals surface area (Å²) in [6.07, 6.45) is 5.17. The van der Waals surface area contributed by atoms with Crippen molar-refractivity contribution in [2.24, 2.45) is 11.7 Å². The second-order valence-corrected chi connectivity index (χ2v) is 4.77. The normalized spacial score (nSPS) is 19.9. The van der Waals surface area contributed by atoms with Crippen molar-refractivity contribution in [2.75, 3.05) is 0 Å². The van der Waals surface area contributed by atoms with Gasteiger partial charge in [-0.25, -0.2) is 0 Å². The molecule has 0 bridgehead atoms. The first-order valence-corrected chi connectivity index (χ1v) is 6.11. The third-order valence-electron chi connectivity index (χ3n) is 3.49. The molecular formula is C14H21N. The molecule has 1 saturated carbocycles. The molecule has 1 aromatic rings. The summed E-state index contributed by atoms with van der Waals surface area (Å²) < 4.78 is 0. The zero-order valence-electron chi connectivity index (χ0n) is 9.52. The van der Waals surface area contributed by atoms with Crippen molar-refractivity contribution in [2.45, 2.75) is 44.6 Å². The SMILES string of the molecule is CCC(c1ccccc1)C(N)CC1CC1. The molecule has 1 nitrogen and oxygen atoms in total. The Kier molecular flexibility index (Phi) is 3.42. The van der Waals surface area contributed by atoms with Gasteiger partial charge in [0.15, 0.2) is 0 Å². The predicted molar refractivity (Wildman–Crippen MR) is 64.8 cm³/mol. The van der Waals surface area contributed by atoms with E-state index in [0.29, 0.717) is 12.0 Å². The molecule has 0 radical (unpaired) electrons. The molecule has 0 saturated heterocycles. The second-order valence-electron chi connectivity index (χ2n) is 4.77. The van der Waals surface area contributed by atoms with Gasteiger partial charge < -0.3 is 5.73 Å². The van der Waals surface area contributed by atoms with Crippen LogP contribution in [0.1, 0.15) is 44.1 Å². The third-order valence-corrected chi connectivity index (χ3v) is 3.49. The number of rotatable bonds is 5. The van der Waals surface area contributed by atoms with Crippen molar-refractivity contribution in [1.82, 2.24) is 0 Å². The number of nitrogens with two attached hydrogens (primary N) is 1. The van der Waals surface area contributed by atoms with E-state index >= 15 is 0 Å². The van der Waals surface area contributed by atoms with Gasteiger partial charge in [0.2, 0.25) is 0 Å². The minimum atomic E-state index is 0.352. The molecule has 1 heteroatoms. The van der Waals surface area contributed by atoms with Gasteiger partial charge in [-0.2, -0.15) is 0 Å². The van der Waals surface area contributed by atoms with Crippen LogP contribution < -0.4 is 5.73 Å². The van der Waals surface area contributed by atoms with Crippen LogP contribution in [0.15, 0.2) is 30.3 Å². The fraction of sp³-hybridized carbons (Fsp3) is 0.571. The molecule has 2 rings (SSSR count). The van der Waals surface area contributed by atoms with Crippen LogP contribution in [0.2, 0.25) is 0 Å². The fourth-order valence-corrected chi connectivity index (χ4v) is 2.39. The molecule has 1 fully saturated rings. The van der Waals surface area contributed by atoms with E-state index in [9.17, 15) is 0 Å². The fourth-order valence-electron chi connectivity index (χ4n) is 2.39. The average Bonchev–Trinajstić information content (AvgIpc) is 3.04. The summed E-state index contributed by atoms with van der Waals surface area (Å²) >= 11 is 0. The van der Waals surface area contributed by atoms with E-state index in [1.165, 1.54) is 24.8 Å². The predicted octanol–water partition coefficient (Wildman–Crippen LogP) is 3.31. The molecule has 1 aromatic carbocycles. The second kappa shape index (κ2) is 4.80. The van der Waals surface area contributed by atoms with Gasteiger partial charge in [0.1, 0.15) is 0 Å². The monoisotopic (exact) mass is 203 g/mol. The maximum Gasteiger partial charge on any atom is 0.0110 e. The Morgan fingerprint density at radius 3 is 2.47 bits per heavy atom. The quantitative estimate of drug-likeness (QED) is 0.780. The lowest BCUT2D eigenvalue weighted by molar-refractivity contribution is 0.465. The molecule has 0 aromatic heterocycles. The highest BCUT2D eigenvalue weighted by Gasteiger charge is 2.27. The molecular weight excluding hydrogens is 182 g/mol. The lowest BCUT2D eigenvalue weighted by Gasteiger charge is -2.23. The number of benzene rings is 1. The third kappa shape index (κ3) is 2.82. The van der Waals surface area contributed by atoms with Crippen molar-refractivity contribution in [3.63, 3.8) is 0 Å². The van der Waals surface area contributed by atoms with E-state index in [4.69, 9.17) is 5.73 Å². The summed E-state index contributed by atoms with van der Waals surface area (Å²) in [5.41, 5.74) is 7.71. The molecule has 0 heterocycles. The zero-order valence-corrected chi connectivity index (χ0v) is 9.52.